The number of benzene rings is 1. The Morgan fingerprint density at radius 1 is 1.14 bits per heavy atom. The Morgan fingerprint density at radius 2 is 1.76 bits per heavy atom. The first-order valence-electron chi connectivity index (χ1n) is 6.86. The van der Waals surface area contributed by atoms with Gasteiger partial charge in [-0.1, -0.05) is 13.8 Å². The maximum absolute atomic E-state index is 13.1. The molecule has 21 heavy (non-hydrogen) atoms. The highest BCUT2D eigenvalue weighted by atomic mass is 19.1. The van der Waals surface area contributed by atoms with Crippen LogP contribution in [-0.2, 0) is 4.84 Å². The monoisotopic (exact) mass is 289 g/mol. The van der Waals surface area contributed by atoms with Crippen molar-refractivity contribution in [2.24, 2.45) is 0 Å². The minimum Gasteiger partial charge on any atom is -0.274 e. The highest BCUT2D eigenvalue weighted by molar-refractivity contribution is 5.65. The largest absolute Gasteiger partial charge is 0.274 e. The topological polar surface area (TPSA) is 38.2 Å². The van der Waals surface area contributed by atoms with Gasteiger partial charge in [-0.2, -0.15) is 0 Å². The van der Waals surface area contributed by atoms with E-state index in [9.17, 15) is 4.39 Å². The molecule has 0 saturated carbocycles. The van der Waals surface area contributed by atoms with Crippen LogP contribution in [0, 0.1) is 12.7 Å². The Balaban J connectivity index is 2.63. The number of rotatable bonds is 4. The third-order valence-electron chi connectivity index (χ3n) is 3.39. The zero-order chi connectivity index (χ0) is 15.6. The smallest absolute Gasteiger partial charge is 0.250 e. The predicted octanol–water partition coefficient (Wildman–Crippen LogP) is 3.71. The van der Waals surface area contributed by atoms with Crippen LogP contribution in [0.4, 0.5) is 10.3 Å². The molecule has 0 aliphatic rings. The molecule has 1 aromatic heterocycles. The average molecular weight is 289 g/mol. The molecule has 0 bridgehead atoms. The van der Waals surface area contributed by atoms with E-state index in [1.165, 1.54) is 17.2 Å². The zero-order valence-corrected chi connectivity index (χ0v) is 13.0. The molecule has 1 aromatic carbocycles. The van der Waals surface area contributed by atoms with Crippen LogP contribution in [-0.4, -0.2) is 24.1 Å². The van der Waals surface area contributed by atoms with Gasteiger partial charge in [0.05, 0.1) is 18.5 Å². The molecule has 0 aliphatic carbocycles. The molecule has 0 radical (unpaired) electrons. The molecule has 5 heteroatoms. The maximum Gasteiger partial charge on any atom is 0.250 e. The van der Waals surface area contributed by atoms with Crippen LogP contribution < -0.4 is 5.06 Å². The Labute approximate surface area is 124 Å². The Morgan fingerprint density at radius 3 is 2.29 bits per heavy atom. The second-order valence-electron chi connectivity index (χ2n) is 5.22. The van der Waals surface area contributed by atoms with Crippen LogP contribution in [0.2, 0.25) is 0 Å². The zero-order valence-electron chi connectivity index (χ0n) is 13.0. The fraction of sp³-hybridized carbons (Fsp3) is 0.375. The predicted molar refractivity (Wildman–Crippen MR) is 81.7 cm³/mol. The number of anilines is 1. The highest BCUT2D eigenvalue weighted by Gasteiger charge is 2.17. The van der Waals surface area contributed by atoms with Gasteiger partial charge in [0.15, 0.2) is 0 Å². The fourth-order valence-electron chi connectivity index (χ4n) is 2.20. The highest BCUT2D eigenvalue weighted by Crippen LogP contribution is 2.29. The number of hydrogen-bond donors (Lipinski definition) is 0. The molecule has 4 nitrogen and oxygen atoms in total. The van der Waals surface area contributed by atoms with Crippen LogP contribution >= 0.6 is 0 Å². The van der Waals surface area contributed by atoms with Crippen LogP contribution in [0.1, 0.15) is 31.0 Å². The summed E-state index contributed by atoms with van der Waals surface area (Å²) in [5.74, 6) is 0.492. The summed E-state index contributed by atoms with van der Waals surface area (Å²) in [5.41, 5.74) is 3.63. The van der Waals surface area contributed by atoms with Gasteiger partial charge in [0.1, 0.15) is 5.82 Å². The quantitative estimate of drug-likeness (QED) is 0.804. The molecule has 2 rings (SSSR count). The van der Waals surface area contributed by atoms with Crippen molar-refractivity contribution in [3.63, 3.8) is 0 Å². The van der Waals surface area contributed by atoms with E-state index in [0.29, 0.717) is 5.95 Å². The van der Waals surface area contributed by atoms with Crippen molar-refractivity contribution >= 4 is 5.95 Å². The molecule has 0 unspecified atom stereocenters. The molecular formula is C16H20FN3O. The summed E-state index contributed by atoms with van der Waals surface area (Å²) in [7, 11) is 3.32. The molecule has 112 valence electrons. The van der Waals surface area contributed by atoms with Crippen molar-refractivity contribution in [3.8, 4) is 11.3 Å². The normalized spacial score (nSPS) is 11.0. The van der Waals surface area contributed by atoms with Gasteiger partial charge in [-0.05, 0) is 42.7 Å². The van der Waals surface area contributed by atoms with E-state index in [4.69, 9.17) is 4.84 Å². The minimum atomic E-state index is -0.260. The van der Waals surface area contributed by atoms with E-state index in [-0.39, 0.29) is 11.7 Å². The van der Waals surface area contributed by atoms with Crippen LogP contribution in [0.25, 0.3) is 11.3 Å². The first-order valence-corrected chi connectivity index (χ1v) is 6.86. The van der Waals surface area contributed by atoms with Gasteiger partial charge in [0.2, 0.25) is 5.95 Å². The van der Waals surface area contributed by atoms with E-state index < -0.39 is 0 Å². The third-order valence-corrected chi connectivity index (χ3v) is 3.39. The summed E-state index contributed by atoms with van der Waals surface area (Å²) >= 11 is 0. The van der Waals surface area contributed by atoms with Gasteiger partial charge in [0, 0.05) is 12.6 Å². The number of hydroxylamine groups is 1. The van der Waals surface area contributed by atoms with Crippen molar-refractivity contribution in [1.29, 1.82) is 0 Å². The maximum atomic E-state index is 13.1. The minimum absolute atomic E-state index is 0.260. The number of halogens is 1. The van der Waals surface area contributed by atoms with Crippen molar-refractivity contribution in [3.05, 3.63) is 41.3 Å². The van der Waals surface area contributed by atoms with Gasteiger partial charge < -0.3 is 0 Å². The molecule has 0 N–H and O–H groups in total. The van der Waals surface area contributed by atoms with E-state index >= 15 is 0 Å². The number of hydrogen-bond acceptors (Lipinski definition) is 4. The first-order chi connectivity index (χ1) is 9.93. The molecule has 0 fully saturated rings. The molecule has 0 spiro atoms. The molecule has 0 atom stereocenters. The fourth-order valence-corrected chi connectivity index (χ4v) is 2.20. The summed E-state index contributed by atoms with van der Waals surface area (Å²) in [6.45, 7) is 6.16. The summed E-state index contributed by atoms with van der Waals surface area (Å²) < 4.78 is 13.1. The lowest BCUT2D eigenvalue weighted by Crippen LogP contribution is -2.19. The number of nitrogens with zero attached hydrogens (tertiary/aromatic N) is 3. The van der Waals surface area contributed by atoms with Gasteiger partial charge in [0.25, 0.3) is 0 Å². The molecule has 0 aliphatic heterocycles. The third kappa shape index (κ3) is 3.19. The van der Waals surface area contributed by atoms with Crippen molar-refractivity contribution in [2.45, 2.75) is 26.7 Å². The van der Waals surface area contributed by atoms with Crippen LogP contribution in [0.15, 0.2) is 24.3 Å². The van der Waals surface area contributed by atoms with Crippen molar-refractivity contribution in [2.75, 3.05) is 19.2 Å². The van der Waals surface area contributed by atoms with E-state index in [1.807, 2.05) is 6.92 Å². The summed E-state index contributed by atoms with van der Waals surface area (Å²) in [4.78, 5) is 14.3. The summed E-state index contributed by atoms with van der Waals surface area (Å²) in [6.07, 6.45) is 0. The van der Waals surface area contributed by atoms with E-state index in [1.54, 1.807) is 26.3 Å². The van der Waals surface area contributed by atoms with Crippen molar-refractivity contribution < 1.29 is 9.23 Å². The SMILES string of the molecule is CON(C)c1nc(-c2ccc(F)cc2)c(C)c(C(C)C)n1. The summed E-state index contributed by atoms with van der Waals surface area (Å²) in [5, 5.41) is 1.51. The second kappa shape index (κ2) is 6.18. The van der Waals surface area contributed by atoms with Crippen LogP contribution in [0.3, 0.4) is 0 Å². The van der Waals surface area contributed by atoms with Crippen molar-refractivity contribution in [1.82, 2.24) is 9.97 Å². The van der Waals surface area contributed by atoms with Gasteiger partial charge >= 0.3 is 0 Å². The Kier molecular flexibility index (Phi) is 4.53. The van der Waals surface area contributed by atoms with Gasteiger partial charge in [-0.25, -0.2) is 19.4 Å². The standard InChI is InChI=1S/C16H20FN3O/c1-10(2)14-11(3)15(12-6-8-13(17)9-7-12)19-16(18-14)20(4)21-5/h6-10H,1-5H3. The van der Waals surface area contributed by atoms with Gasteiger partial charge in [-0.3, -0.25) is 4.84 Å². The van der Waals surface area contributed by atoms with Crippen LogP contribution in [0.5, 0.6) is 0 Å². The molecular weight excluding hydrogens is 269 g/mol. The average Bonchev–Trinajstić information content (AvgIpc) is 2.47. The number of aromatic nitrogens is 2. The molecule has 2 aromatic rings. The molecule has 1 heterocycles. The summed E-state index contributed by atoms with van der Waals surface area (Å²) in [6, 6.07) is 6.33. The van der Waals surface area contributed by atoms with E-state index in [2.05, 4.69) is 23.8 Å². The molecule has 0 amide bonds. The van der Waals surface area contributed by atoms with E-state index in [0.717, 1.165) is 22.5 Å². The second-order valence-corrected chi connectivity index (χ2v) is 5.22. The molecule has 0 saturated heterocycles. The lowest BCUT2D eigenvalue weighted by molar-refractivity contribution is 0.180. The Bertz CT molecular complexity index is 626. The first kappa shape index (κ1) is 15.4. The Hall–Kier alpha value is -2.01. The lowest BCUT2D eigenvalue weighted by atomic mass is 10.00. The van der Waals surface area contributed by atoms with Gasteiger partial charge in [-0.15, -0.1) is 0 Å². The lowest BCUT2D eigenvalue weighted by Gasteiger charge is -2.19.